The lowest BCUT2D eigenvalue weighted by atomic mass is 9.93. The number of hydrogen-bond acceptors (Lipinski definition) is 4. The lowest BCUT2D eigenvalue weighted by Gasteiger charge is -2.19. The fourth-order valence-corrected chi connectivity index (χ4v) is 1.81. The largest absolute Gasteiger partial charge is 0.481 e. The van der Waals surface area contributed by atoms with Gasteiger partial charge in [-0.3, -0.25) is 9.59 Å². The Morgan fingerprint density at radius 1 is 1.32 bits per heavy atom. The van der Waals surface area contributed by atoms with Crippen LogP contribution >= 0.6 is 0 Å². The summed E-state index contributed by atoms with van der Waals surface area (Å²) in [5.74, 6) is -1.51. The molecular weight excluding hydrogens is 248 g/mol. The molecule has 0 aliphatic heterocycles. The number of ether oxygens (including phenoxy) is 2. The summed E-state index contributed by atoms with van der Waals surface area (Å²) in [7, 11) is 1.56. The summed E-state index contributed by atoms with van der Waals surface area (Å²) < 4.78 is 10.2. The molecule has 0 aromatic rings. The summed E-state index contributed by atoms with van der Waals surface area (Å²) in [4.78, 5) is 22.4. The van der Waals surface area contributed by atoms with E-state index in [1.165, 1.54) is 0 Å². The monoisotopic (exact) mass is 273 g/mol. The average Bonchev–Trinajstić information content (AvgIpc) is 2.35. The SMILES string of the molecule is [CH2]CC(CC(CC(=O)O)CC(=O)OCCCC)OC. The minimum Gasteiger partial charge on any atom is -0.481 e. The van der Waals surface area contributed by atoms with Crippen molar-refractivity contribution in [3.8, 4) is 0 Å². The second kappa shape index (κ2) is 10.8. The molecule has 0 bridgehead atoms. The Balaban J connectivity index is 4.25. The molecule has 5 nitrogen and oxygen atoms in total. The van der Waals surface area contributed by atoms with E-state index < -0.39 is 5.97 Å². The maximum atomic E-state index is 11.6. The zero-order chi connectivity index (χ0) is 14.7. The first-order chi connectivity index (χ1) is 9.03. The van der Waals surface area contributed by atoms with Crippen molar-refractivity contribution in [3.05, 3.63) is 6.92 Å². The summed E-state index contributed by atoms with van der Waals surface area (Å²) in [6, 6.07) is 0. The van der Waals surface area contributed by atoms with Gasteiger partial charge in [0.25, 0.3) is 0 Å². The standard InChI is InChI=1S/C14H25O5/c1-4-6-7-19-14(17)10-11(9-13(15)16)8-12(5-2)18-3/h11-12H,2,4-10H2,1,3H3,(H,15,16). The zero-order valence-corrected chi connectivity index (χ0v) is 11.9. The molecule has 2 atom stereocenters. The number of methoxy groups -OCH3 is 1. The van der Waals surface area contributed by atoms with Crippen LogP contribution in [0.3, 0.4) is 0 Å². The van der Waals surface area contributed by atoms with Crippen molar-refractivity contribution >= 4 is 11.9 Å². The predicted octanol–water partition coefficient (Wildman–Crippen LogP) is 2.44. The topological polar surface area (TPSA) is 72.8 Å². The molecule has 2 unspecified atom stereocenters. The molecule has 0 rings (SSSR count). The van der Waals surface area contributed by atoms with Crippen LogP contribution in [-0.4, -0.2) is 36.9 Å². The number of rotatable bonds is 11. The van der Waals surface area contributed by atoms with E-state index in [9.17, 15) is 9.59 Å². The fraction of sp³-hybridized carbons (Fsp3) is 0.786. The van der Waals surface area contributed by atoms with Crippen LogP contribution in [-0.2, 0) is 19.1 Å². The van der Waals surface area contributed by atoms with E-state index >= 15 is 0 Å². The van der Waals surface area contributed by atoms with Gasteiger partial charge in [-0.05, 0) is 25.2 Å². The van der Waals surface area contributed by atoms with Crippen molar-refractivity contribution in [1.29, 1.82) is 0 Å². The first-order valence-corrected chi connectivity index (χ1v) is 6.72. The molecule has 0 spiro atoms. The summed E-state index contributed by atoms with van der Waals surface area (Å²) in [6.07, 6.45) is 2.80. The maximum absolute atomic E-state index is 11.6. The first kappa shape index (κ1) is 17.9. The highest BCUT2D eigenvalue weighted by Gasteiger charge is 2.21. The van der Waals surface area contributed by atoms with E-state index in [-0.39, 0.29) is 30.8 Å². The summed E-state index contributed by atoms with van der Waals surface area (Å²) in [5.41, 5.74) is 0. The van der Waals surface area contributed by atoms with Crippen LogP contribution in [0.15, 0.2) is 0 Å². The number of carboxylic acid groups (broad SMARTS) is 1. The van der Waals surface area contributed by atoms with E-state index in [4.69, 9.17) is 14.6 Å². The van der Waals surface area contributed by atoms with Gasteiger partial charge >= 0.3 is 11.9 Å². The third-order valence-corrected chi connectivity index (χ3v) is 2.93. The first-order valence-electron chi connectivity index (χ1n) is 6.72. The van der Waals surface area contributed by atoms with Gasteiger partial charge in [0, 0.05) is 20.0 Å². The molecule has 0 fully saturated rings. The van der Waals surface area contributed by atoms with Crippen molar-refractivity contribution in [2.24, 2.45) is 5.92 Å². The van der Waals surface area contributed by atoms with Crippen LogP contribution in [0.2, 0.25) is 0 Å². The molecule has 0 saturated carbocycles. The molecule has 1 radical (unpaired) electrons. The van der Waals surface area contributed by atoms with Crippen LogP contribution in [0.5, 0.6) is 0 Å². The summed E-state index contributed by atoms with van der Waals surface area (Å²) >= 11 is 0. The lowest BCUT2D eigenvalue weighted by molar-refractivity contribution is -0.146. The highest BCUT2D eigenvalue weighted by molar-refractivity contribution is 5.72. The average molecular weight is 273 g/mol. The minimum atomic E-state index is -0.912. The summed E-state index contributed by atoms with van der Waals surface area (Å²) in [6.45, 7) is 6.15. The molecule has 0 heterocycles. The number of carbonyl (C=O) groups excluding carboxylic acids is 1. The lowest BCUT2D eigenvalue weighted by Crippen LogP contribution is -2.21. The smallest absolute Gasteiger partial charge is 0.306 e. The van der Waals surface area contributed by atoms with Gasteiger partial charge in [-0.15, -0.1) is 0 Å². The Morgan fingerprint density at radius 3 is 2.47 bits per heavy atom. The second-order valence-corrected chi connectivity index (χ2v) is 4.62. The number of carbonyl (C=O) groups is 2. The van der Waals surface area contributed by atoms with Crippen LogP contribution in [0, 0.1) is 12.8 Å². The van der Waals surface area contributed by atoms with E-state index in [1.54, 1.807) is 7.11 Å². The maximum Gasteiger partial charge on any atom is 0.306 e. The van der Waals surface area contributed by atoms with Crippen molar-refractivity contribution in [2.45, 2.75) is 51.6 Å². The molecule has 0 aliphatic rings. The van der Waals surface area contributed by atoms with Crippen LogP contribution < -0.4 is 0 Å². The Hall–Kier alpha value is -1.10. The number of esters is 1. The highest BCUT2D eigenvalue weighted by Crippen LogP contribution is 2.20. The molecule has 0 aliphatic carbocycles. The van der Waals surface area contributed by atoms with Crippen LogP contribution in [0.4, 0.5) is 0 Å². The van der Waals surface area contributed by atoms with Crippen LogP contribution in [0.1, 0.15) is 45.4 Å². The molecule has 1 N–H and O–H groups in total. The van der Waals surface area contributed by atoms with Gasteiger partial charge in [0.05, 0.1) is 12.7 Å². The molecule has 0 aromatic heterocycles. The molecular formula is C14H25O5. The quantitative estimate of drug-likeness (QED) is 0.462. The van der Waals surface area contributed by atoms with Gasteiger partial charge in [0.2, 0.25) is 0 Å². The molecule has 111 valence electrons. The molecule has 0 saturated heterocycles. The van der Waals surface area contributed by atoms with Gasteiger partial charge in [-0.1, -0.05) is 20.3 Å². The normalized spacial score (nSPS) is 13.8. The Bertz CT molecular complexity index is 261. The zero-order valence-electron chi connectivity index (χ0n) is 11.9. The number of aliphatic carboxylic acids is 1. The van der Waals surface area contributed by atoms with Crippen LogP contribution in [0.25, 0.3) is 0 Å². The predicted molar refractivity (Wildman–Crippen MR) is 71.6 cm³/mol. The molecule has 19 heavy (non-hydrogen) atoms. The molecule has 0 aromatic carbocycles. The van der Waals surface area contributed by atoms with Crippen molar-refractivity contribution < 1.29 is 24.2 Å². The molecule has 5 heteroatoms. The Morgan fingerprint density at radius 2 is 2.00 bits per heavy atom. The van der Waals surface area contributed by atoms with E-state index in [0.717, 1.165) is 12.8 Å². The van der Waals surface area contributed by atoms with Gasteiger partial charge < -0.3 is 14.6 Å². The van der Waals surface area contributed by atoms with Gasteiger partial charge in [0.1, 0.15) is 0 Å². The fourth-order valence-electron chi connectivity index (χ4n) is 1.81. The van der Waals surface area contributed by atoms with Crippen molar-refractivity contribution in [2.75, 3.05) is 13.7 Å². The Kier molecular flexibility index (Phi) is 10.2. The van der Waals surface area contributed by atoms with Crippen molar-refractivity contribution in [1.82, 2.24) is 0 Å². The second-order valence-electron chi connectivity index (χ2n) is 4.62. The number of hydrogen-bond donors (Lipinski definition) is 1. The third-order valence-electron chi connectivity index (χ3n) is 2.93. The number of carboxylic acids is 1. The van der Waals surface area contributed by atoms with Gasteiger partial charge in [0.15, 0.2) is 0 Å². The minimum absolute atomic E-state index is 0.0528. The van der Waals surface area contributed by atoms with E-state index in [2.05, 4.69) is 6.92 Å². The summed E-state index contributed by atoms with van der Waals surface area (Å²) in [5, 5.41) is 8.86. The number of unbranched alkanes of at least 4 members (excludes halogenated alkanes) is 1. The third kappa shape index (κ3) is 9.47. The molecule has 0 amide bonds. The van der Waals surface area contributed by atoms with Gasteiger partial charge in [-0.2, -0.15) is 0 Å². The van der Waals surface area contributed by atoms with E-state index in [1.807, 2.05) is 6.92 Å². The van der Waals surface area contributed by atoms with E-state index in [0.29, 0.717) is 19.4 Å². The van der Waals surface area contributed by atoms with Gasteiger partial charge in [-0.25, -0.2) is 0 Å². The highest BCUT2D eigenvalue weighted by atomic mass is 16.5. The Labute approximate surface area is 115 Å². The van der Waals surface area contributed by atoms with Crippen molar-refractivity contribution in [3.63, 3.8) is 0 Å².